The number of hydrogen-bond donors (Lipinski definition) is 2. The zero-order valence-electron chi connectivity index (χ0n) is 14.3. The summed E-state index contributed by atoms with van der Waals surface area (Å²) in [6.45, 7) is 0.397. The molecule has 2 aliphatic rings. The van der Waals surface area contributed by atoms with Crippen LogP contribution in [0.3, 0.4) is 0 Å². The standard InChI is InChI=1S/C19H24N2O4/c22-17-9-7-14-10-15(6-8-16(14)21-17)19(24)25-12-18(23)20-11-13-4-2-1-3-5-13/h6,8,10,13H,1-5,7,9,11-12H2,(H,20,23)(H,21,22). The topological polar surface area (TPSA) is 84.5 Å². The second-order valence-corrected chi connectivity index (χ2v) is 6.80. The van der Waals surface area contributed by atoms with Gasteiger partial charge in [-0.05, 0) is 48.9 Å². The number of fused-ring (bicyclic) bond motifs is 1. The van der Waals surface area contributed by atoms with E-state index in [4.69, 9.17) is 4.74 Å². The van der Waals surface area contributed by atoms with E-state index in [-0.39, 0.29) is 18.4 Å². The molecule has 1 aliphatic heterocycles. The fraction of sp³-hybridized carbons (Fsp3) is 0.526. The Hall–Kier alpha value is -2.37. The lowest BCUT2D eigenvalue weighted by Crippen LogP contribution is -2.33. The molecule has 1 aromatic carbocycles. The number of anilines is 1. The van der Waals surface area contributed by atoms with Crippen molar-refractivity contribution >= 4 is 23.5 Å². The Morgan fingerprint density at radius 2 is 1.96 bits per heavy atom. The summed E-state index contributed by atoms with van der Waals surface area (Å²) in [5, 5.41) is 5.62. The lowest BCUT2D eigenvalue weighted by atomic mass is 9.89. The molecule has 0 saturated heterocycles. The summed E-state index contributed by atoms with van der Waals surface area (Å²) in [6, 6.07) is 5.02. The van der Waals surface area contributed by atoms with Crippen LogP contribution in [-0.4, -0.2) is 30.9 Å². The maximum Gasteiger partial charge on any atom is 0.338 e. The molecule has 6 nitrogen and oxygen atoms in total. The number of rotatable bonds is 5. The minimum atomic E-state index is -0.521. The van der Waals surface area contributed by atoms with Crippen molar-refractivity contribution in [2.75, 3.05) is 18.5 Å². The minimum absolute atomic E-state index is 0.0162. The van der Waals surface area contributed by atoms with E-state index >= 15 is 0 Å². The normalized spacial score (nSPS) is 17.4. The van der Waals surface area contributed by atoms with Crippen LogP contribution in [0.5, 0.6) is 0 Å². The lowest BCUT2D eigenvalue weighted by molar-refractivity contribution is -0.124. The molecule has 2 N–H and O–H groups in total. The summed E-state index contributed by atoms with van der Waals surface area (Å²) in [5.74, 6) is -0.251. The average Bonchev–Trinajstić information content (AvgIpc) is 2.64. The van der Waals surface area contributed by atoms with Crippen molar-refractivity contribution in [1.29, 1.82) is 0 Å². The summed E-state index contributed by atoms with van der Waals surface area (Å²) in [6.07, 6.45) is 7.08. The number of esters is 1. The van der Waals surface area contributed by atoms with Crippen LogP contribution in [0, 0.1) is 5.92 Å². The lowest BCUT2D eigenvalue weighted by Gasteiger charge is -2.21. The Balaban J connectivity index is 1.45. The van der Waals surface area contributed by atoms with Gasteiger partial charge in [-0.3, -0.25) is 9.59 Å². The van der Waals surface area contributed by atoms with Gasteiger partial charge in [-0.25, -0.2) is 4.79 Å². The molecule has 1 aliphatic carbocycles. The van der Waals surface area contributed by atoms with Crippen LogP contribution >= 0.6 is 0 Å². The molecule has 1 saturated carbocycles. The van der Waals surface area contributed by atoms with Gasteiger partial charge in [0.25, 0.3) is 5.91 Å². The molecule has 0 unspecified atom stereocenters. The van der Waals surface area contributed by atoms with E-state index in [0.29, 0.717) is 30.9 Å². The first-order valence-electron chi connectivity index (χ1n) is 8.98. The van der Waals surface area contributed by atoms with E-state index in [1.807, 2.05) is 0 Å². The molecule has 1 aromatic rings. The van der Waals surface area contributed by atoms with E-state index in [1.54, 1.807) is 18.2 Å². The molecule has 134 valence electrons. The maximum atomic E-state index is 12.1. The highest BCUT2D eigenvalue weighted by molar-refractivity contribution is 5.96. The van der Waals surface area contributed by atoms with Gasteiger partial charge >= 0.3 is 5.97 Å². The molecule has 0 atom stereocenters. The molecule has 0 spiro atoms. The molecule has 2 amide bonds. The number of nitrogens with one attached hydrogen (secondary N) is 2. The van der Waals surface area contributed by atoms with Gasteiger partial charge < -0.3 is 15.4 Å². The second-order valence-electron chi connectivity index (χ2n) is 6.80. The first-order valence-corrected chi connectivity index (χ1v) is 8.98. The third kappa shape index (κ3) is 4.81. The van der Waals surface area contributed by atoms with Crippen molar-refractivity contribution in [2.24, 2.45) is 5.92 Å². The first kappa shape index (κ1) is 17.5. The van der Waals surface area contributed by atoms with Crippen LogP contribution in [0.4, 0.5) is 5.69 Å². The molecular weight excluding hydrogens is 320 g/mol. The summed E-state index contributed by atoms with van der Waals surface area (Å²) in [5.41, 5.74) is 2.05. The largest absolute Gasteiger partial charge is 0.452 e. The van der Waals surface area contributed by atoms with Crippen molar-refractivity contribution in [3.8, 4) is 0 Å². The fourth-order valence-corrected chi connectivity index (χ4v) is 3.43. The zero-order chi connectivity index (χ0) is 17.6. The summed E-state index contributed by atoms with van der Waals surface area (Å²) in [4.78, 5) is 35.3. The predicted octanol–water partition coefficient (Wildman–Crippen LogP) is 2.42. The number of benzene rings is 1. The van der Waals surface area contributed by atoms with Crippen LogP contribution in [0.25, 0.3) is 0 Å². The van der Waals surface area contributed by atoms with E-state index in [9.17, 15) is 14.4 Å². The number of carbonyl (C=O) groups excluding carboxylic acids is 3. The number of hydrogen-bond acceptors (Lipinski definition) is 4. The van der Waals surface area contributed by atoms with Gasteiger partial charge in [-0.1, -0.05) is 19.3 Å². The fourth-order valence-electron chi connectivity index (χ4n) is 3.43. The van der Waals surface area contributed by atoms with Crippen LogP contribution in [0.2, 0.25) is 0 Å². The molecule has 1 heterocycles. The summed E-state index contributed by atoms with van der Waals surface area (Å²) >= 11 is 0. The molecule has 6 heteroatoms. The highest BCUT2D eigenvalue weighted by atomic mass is 16.5. The van der Waals surface area contributed by atoms with Crippen LogP contribution < -0.4 is 10.6 Å². The quantitative estimate of drug-likeness (QED) is 0.804. The third-order valence-corrected chi connectivity index (χ3v) is 4.88. The van der Waals surface area contributed by atoms with Gasteiger partial charge in [0.1, 0.15) is 0 Å². The van der Waals surface area contributed by atoms with Crippen LogP contribution in [-0.2, 0) is 20.7 Å². The highest BCUT2D eigenvalue weighted by Gasteiger charge is 2.18. The zero-order valence-corrected chi connectivity index (χ0v) is 14.3. The van der Waals surface area contributed by atoms with Gasteiger partial charge in [0.05, 0.1) is 5.56 Å². The third-order valence-electron chi connectivity index (χ3n) is 4.88. The van der Waals surface area contributed by atoms with Crippen molar-refractivity contribution in [3.05, 3.63) is 29.3 Å². The van der Waals surface area contributed by atoms with E-state index in [2.05, 4.69) is 10.6 Å². The number of aryl methyl sites for hydroxylation is 1. The second kappa shape index (κ2) is 8.14. The van der Waals surface area contributed by atoms with Gasteiger partial charge in [0.15, 0.2) is 6.61 Å². The average molecular weight is 344 g/mol. The summed E-state index contributed by atoms with van der Waals surface area (Å²) < 4.78 is 5.10. The number of amides is 2. The van der Waals surface area contributed by atoms with Crippen molar-refractivity contribution in [3.63, 3.8) is 0 Å². The van der Waals surface area contributed by atoms with E-state index < -0.39 is 5.97 Å². The van der Waals surface area contributed by atoms with Crippen LogP contribution in [0.1, 0.15) is 54.4 Å². The van der Waals surface area contributed by atoms with Crippen molar-refractivity contribution < 1.29 is 19.1 Å². The monoisotopic (exact) mass is 344 g/mol. The SMILES string of the molecule is O=C(COC(=O)c1ccc2c(c1)CCC(=O)N2)NCC1CCCCC1. The Morgan fingerprint density at radius 1 is 1.16 bits per heavy atom. The minimum Gasteiger partial charge on any atom is -0.452 e. The Morgan fingerprint density at radius 3 is 2.76 bits per heavy atom. The Bertz CT molecular complexity index is 665. The Labute approximate surface area is 147 Å². The molecule has 0 radical (unpaired) electrons. The summed E-state index contributed by atoms with van der Waals surface area (Å²) in [7, 11) is 0. The van der Waals surface area contributed by atoms with Crippen molar-refractivity contribution in [1.82, 2.24) is 5.32 Å². The van der Waals surface area contributed by atoms with Gasteiger partial charge in [0, 0.05) is 18.7 Å². The van der Waals surface area contributed by atoms with E-state index in [1.165, 1.54) is 19.3 Å². The predicted molar refractivity (Wildman–Crippen MR) is 93.3 cm³/mol. The van der Waals surface area contributed by atoms with Crippen LogP contribution in [0.15, 0.2) is 18.2 Å². The van der Waals surface area contributed by atoms with Gasteiger partial charge in [0.2, 0.25) is 5.91 Å². The number of ether oxygens (including phenoxy) is 1. The first-order chi connectivity index (χ1) is 12.1. The Kier molecular flexibility index (Phi) is 5.68. The molecule has 0 bridgehead atoms. The molecular formula is C19H24N2O4. The van der Waals surface area contributed by atoms with Gasteiger partial charge in [-0.15, -0.1) is 0 Å². The molecule has 3 rings (SSSR count). The molecule has 1 fully saturated rings. The maximum absolute atomic E-state index is 12.1. The smallest absolute Gasteiger partial charge is 0.338 e. The highest BCUT2D eigenvalue weighted by Crippen LogP contribution is 2.24. The van der Waals surface area contributed by atoms with Gasteiger partial charge in [-0.2, -0.15) is 0 Å². The number of carbonyl (C=O) groups is 3. The molecule has 25 heavy (non-hydrogen) atoms. The van der Waals surface area contributed by atoms with E-state index in [0.717, 1.165) is 24.1 Å². The van der Waals surface area contributed by atoms with Crippen molar-refractivity contribution in [2.45, 2.75) is 44.9 Å². The molecule has 0 aromatic heterocycles.